The summed E-state index contributed by atoms with van der Waals surface area (Å²) in [6.45, 7) is 4.60. The second kappa shape index (κ2) is 7.01. The van der Waals surface area contributed by atoms with E-state index in [1.807, 2.05) is 41.2 Å². The number of rotatable bonds is 4. The monoisotopic (exact) mass is 384 g/mol. The van der Waals surface area contributed by atoms with Crippen LogP contribution in [0.5, 0.6) is 11.5 Å². The van der Waals surface area contributed by atoms with Gasteiger partial charge in [0.15, 0.2) is 16.3 Å². The van der Waals surface area contributed by atoms with Gasteiger partial charge in [-0.15, -0.1) is 18.3 Å². The van der Waals surface area contributed by atoms with Crippen molar-refractivity contribution in [3.8, 4) is 11.5 Å². The van der Waals surface area contributed by atoms with Gasteiger partial charge in [0, 0.05) is 29.1 Å². The molecule has 7 heteroatoms. The van der Waals surface area contributed by atoms with E-state index in [4.69, 9.17) is 9.47 Å². The largest absolute Gasteiger partial charge is 0.454 e. The van der Waals surface area contributed by atoms with Crippen LogP contribution in [0.4, 0.5) is 0 Å². The normalized spacial score (nSPS) is 13.3. The minimum Gasteiger partial charge on any atom is -0.454 e. The van der Waals surface area contributed by atoms with Gasteiger partial charge in [-0.3, -0.25) is 4.79 Å². The summed E-state index contributed by atoms with van der Waals surface area (Å²) in [7, 11) is 0. The van der Waals surface area contributed by atoms with Crippen LogP contribution in [-0.2, 0) is 6.54 Å². The Morgan fingerprint density at radius 2 is 2.15 bits per heavy atom. The summed E-state index contributed by atoms with van der Waals surface area (Å²) in [6.07, 6.45) is 3.77. The number of hydrogen-bond acceptors (Lipinski definition) is 5. The highest BCUT2D eigenvalue weighted by Gasteiger charge is 2.17. The summed E-state index contributed by atoms with van der Waals surface area (Å²) in [5.74, 6) is 1.17. The molecule has 0 bridgehead atoms. The molecule has 1 aliphatic rings. The lowest BCUT2D eigenvalue weighted by atomic mass is 10.2. The minimum atomic E-state index is -0.259. The third-order valence-electron chi connectivity index (χ3n) is 4.00. The van der Waals surface area contributed by atoms with Crippen LogP contribution in [0.3, 0.4) is 0 Å². The van der Waals surface area contributed by atoms with Gasteiger partial charge < -0.3 is 14.0 Å². The van der Waals surface area contributed by atoms with E-state index < -0.39 is 0 Å². The first kappa shape index (κ1) is 16.9. The summed E-state index contributed by atoms with van der Waals surface area (Å²) in [6, 6.07) is 11.3. The van der Waals surface area contributed by atoms with E-state index in [1.54, 1.807) is 23.9 Å². The number of hydrogen-bond donors (Lipinski definition) is 0. The Morgan fingerprint density at radius 3 is 2.92 bits per heavy atom. The van der Waals surface area contributed by atoms with Crippen molar-refractivity contribution in [3.63, 3.8) is 0 Å². The highest BCUT2D eigenvalue weighted by Crippen LogP contribution is 2.37. The lowest BCUT2D eigenvalue weighted by Gasteiger charge is -2.02. The van der Waals surface area contributed by atoms with Crippen molar-refractivity contribution in [3.05, 3.63) is 59.4 Å². The second-order valence-electron chi connectivity index (χ2n) is 5.61. The molecule has 5 nitrogen and oxygen atoms in total. The van der Waals surface area contributed by atoms with E-state index in [0.717, 1.165) is 20.9 Å². The first-order chi connectivity index (χ1) is 12.7. The van der Waals surface area contributed by atoms with E-state index in [2.05, 4.69) is 11.6 Å². The van der Waals surface area contributed by atoms with E-state index in [0.29, 0.717) is 22.7 Å². The molecule has 0 fully saturated rings. The zero-order valence-corrected chi connectivity index (χ0v) is 15.7. The maximum atomic E-state index is 12.7. The number of nitrogens with zero attached hydrogens (tertiary/aromatic N) is 2. The Labute approximate surface area is 158 Å². The molecule has 2 heterocycles. The smallest absolute Gasteiger partial charge is 0.279 e. The molecule has 1 aliphatic heterocycles. The fourth-order valence-corrected chi connectivity index (χ4v) is 4.27. The highest BCUT2D eigenvalue weighted by atomic mass is 32.2. The third-order valence-corrected chi connectivity index (χ3v) is 5.77. The lowest BCUT2D eigenvalue weighted by Crippen LogP contribution is -2.16. The van der Waals surface area contributed by atoms with E-state index in [9.17, 15) is 4.79 Å². The van der Waals surface area contributed by atoms with Crippen molar-refractivity contribution < 1.29 is 14.3 Å². The van der Waals surface area contributed by atoms with E-state index in [-0.39, 0.29) is 12.7 Å². The molecule has 0 atom stereocenters. The molecule has 0 saturated carbocycles. The second-order valence-corrected chi connectivity index (χ2v) is 7.49. The summed E-state index contributed by atoms with van der Waals surface area (Å²) >= 11 is 3.05. The Balaban J connectivity index is 1.84. The molecule has 0 unspecified atom stereocenters. The Hall–Kier alpha value is -2.51. The summed E-state index contributed by atoms with van der Waals surface area (Å²) in [5, 5.41) is 0. The standard InChI is InChI=1S/C19H16N2O3S2/c1-3-7-21-14-9-15-16(24-11-23-15)10-17(14)26-19(21)20-18(22)12-5-4-6-13(8-12)25-2/h3-6,8-10H,1,7,11H2,2H3. The quantitative estimate of drug-likeness (QED) is 0.502. The van der Waals surface area contributed by atoms with E-state index in [1.165, 1.54) is 11.3 Å². The SMILES string of the molecule is C=CCn1c(=NC(=O)c2cccc(SC)c2)sc2cc3c(cc21)OCO3. The van der Waals surface area contributed by atoms with Gasteiger partial charge in [0.25, 0.3) is 5.91 Å². The van der Waals surface area contributed by atoms with Gasteiger partial charge in [-0.25, -0.2) is 0 Å². The molecule has 1 aromatic heterocycles. The number of amides is 1. The average Bonchev–Trinajstić information content (AvgIpc) is 3.24. The van der Waals surface area contributed by atoms with Gasteiger partial charge in [-0.2, -0.15) is 4.99 Å². The molecule has 0 aliphatic carbocycles. The number of thioether (sulfide) groups is 1. The highest BCUT2D eigenvalue weighted by molar-refractivity contribution is 7.98. The molecule has 0 N–H and O–H groups in total. The molecular weight excluding hydrogens is 368 g/mol. The molecule has 2 aromatic carbocycles. The Morgan fingerprint density at radius 1 is 1.35 bits per heavy atom. The van der Waals surface area contributed by atoms with Crippen molar-refractivity contribution in [1.82, 2.24) is 4.57 Å². The third kappa shape index (κ3) is 3.04. The molecule has 0 spiro atoms. The van der Waals surface area contributed by atoms with Crippen LogP contribution in [0.2, 0.25) is 0 Å². The fourth-order valence-electron chi connectivity index (χ4n) is 2.76. The zero-order chi connectivity index (χ0) is 18.1. The van der Waals surface area contributed by atoms with Crippen molar-refractivity contribution in [2.45, 2.75) is 11.4 Å². The maximum Gasteiger partial charge on any atom is 0.279 e. The van der Waals surface area contributed by atoms with Crippen molar-refractivity contribution in [2.24, 2.45) is 4.99 Å². The number of aromatic nitrogens is 1. The van der Waals surface area contributed by atoms with Gasteiger partial charge in [0.1, 0.15) is 0 Å². The molecule has 132 valence electrons. The van der Waals surface area contributed by atoms with Crippen LogP contribution >= 0.6 is 23.1 Å². The van der Waals surface area contributed by atoms with Crippen LogP contribution in [0.15, 0.2) is 58.9 Å². The number of ether oxygens (including phenoxy) is 2. The summed E-state index contributed by atoms with van der Waals surface area (Å²) in [5.41, 5.74) is 1.53. The topological polar surface area (TPSA) is 52.8 Å². The van der Waals surface area contributed by atoms with Gasteiger partial charge >= 0.3 is 0 Å². The number of carbonyl (C=O) groups is 1. The van der Waals surface area contributed by atoms with Crippen LogP contribution in [-0.4, -0.2) is 23.5 Å². The van der Waals surface area contributed by atoms with Crippen LogP contribution in [0.1, 0.15) is 10.4 Å². The van der Waals surface area contributed by atoms with Crippen molar-refractivity contribution in [1.29, 1.82) is 0 Å². The van der Waals surface area contributed by atoms with Crippen molar-refractivity contribution in [2.75, 3.05) is 13.0 Å². The Kier molecular flexibility index (Phi) is 4.57. The van der Waals surface area contributed by atoms with Gasteiger partial charge in [0.2, 0.25) is 6.79 Å². The first-order valence-electron chi connectivity index (χ1n) is 7.96. The van der Waals surface area contributed by atoms with Gasteiger partial charge in [-0.05, 0) is 24.5 Å². The number of benzene rings is 2. The fraction of sp³-hybridized carbons (Fsp3) is 0.158. The zero-order valence-electron chi connectivity index (χ0n) is 14.1. The first-order valence-corrected chi connectivity index (χ1v) is 10.0. The molecule has 26 heavy (non-hydrogen) atoms. The summed E-state index contributed by atoms with van der Waals surface area (Å²) in [4.78, 5) is 18.7. The predicted molar refractivity (Wildman–Crippen MR) is 104 cm³/mol. The van der Waals surface area contributed by atoms with Gasteiger partial charge in [-0.1, -0.05) is 23.5 Å². The minimum absolute atomic E-state index is 0.232. The number of allylic oxidation sites excluding steroid dienone is 1. The molecule has 4 rings (SSSR count). The predicted octanol–water partition coefficient (Wildman–Crippen LogP) is 4.08. The number of carbonyl (C=O) groups excluding carboxylic acids is 1. The van der Waals surface area contributed by atoms with Crippen molar-refractivity contribution >= 4 is 39.2 Å². The van der Waals surface area contributed by atoms with Gasteiger partial charge in [0.05, 0.1) is 10.2 Å². The number of thiazole rings is 1. The molecule has 0 radical (unpaired) electrons. The molecular formula is C19H16N2O3S2. The van der Waals surface area contributed by atoms with E-state index >= 15 is 0 Å². The number of fused-ring (bicyclic) bond motifs is 2. The van der Waals surface area contributed by atoms with Crippen LogP contribution in [0, 0.1) is 0 Å². The molecule has 1 amide bonds. The molecule has 3 aromatic rings. The Bertz CT molecular complexity index is 1080. The van der Waals surface area contributed by atoms with Crippen LogP contribution in [0.25, 0.3) is 10.2 Å². The van der Waals surface area contributed by atoms with Crippen LogP contribution < -0.4 is 14.3 Å². The molecule has 0 saturated heterocycles. The summed E-state index contributed by atoms with van der Waals surface area (Å²) < 4.78 is 13.9. The maximum absolute atomic E-state index is 12.7. The average molecular weight is 384 g/mol. The lowest BCUT2D eigenvalue weighted by molar-refractivity contribution is 0.0997.